The molecule has 0 fully saturated rings. The van der Waals surface area contributed by atoms with Crippen molar-refractivity contribution in [2.75, 3.05) is 36.1 Å². The number of anilines is 4. The number of nitrogens with one attached hydrogen (secondary N) is 1. The average Bonchev–Trinajstić information content (AvgIpc) is 2.79. The normalized spacial score (nSPS) is 11.3. The molecule has 0 aliphatic heterocycles. The first-order valence-corrected chi connectivity index (χ1v) is 10.7. The molecule has 1 aromatic heterocycles. The fourth-order valence-corrected chi connectivity index (χ4v) is 3.49. The second-order valence-corrected chi connectivity index (χ2v) is 7.91. The zero-order valence-corrected chi connectivity index (χ0v) is 19.2. The zero-order chi connectivity index (χ0) is 24.2. The lowest BCUT2D eigenvalue weighted by molar-refractivity contribution is 0.303. The first kappa shape index (κ1) is 22.9. The SMILES string of the molecule is Cc1cc(O)c2c(N=Nc3ccc(Nc4nc(C)nc(N(C)CCO)n4)cc3)c(N)ccc2c1. The third-order valence-electron chi connectivity index (χ3n) is 5.15. The summed E-state index contributed by atoms with van der Waals surface area (Å²) in [6.45, 7) is 4.12. The van der Waals surface area contributed by atoms with Gasteiger partial charge in [-0.15, -0.1) is 5.11 Å². The Morgan fingerprint density at radius 1 is 1.00 bits per heavy atom. The molecule has 4 aromatic rings. The zero-order valence-electron chi connectivity index (χ0n) is 19.2. The standard InChI is InChI=1S/C24H26N8O2/c1-14-12-16-4-9-19(25)22(21(16)20(34)13-14)31-30-18-7-5-17(6-8-18)28-23-26-15(2)27-24(29-23)32(3)10-11-33/h4-9,12-13,33-34H,10-11,25H2,1-3H3,(H,26,27,28,29). The summed E-state index contributed by atoms with van der Waals surface area (Å²) in [6, 6.07) is 14.5. The first-order chi connectivity index (χ1) is 16.3. The van der Waals surface area contributed by atoms with Gasteiger partial charge in [0.05, 0.1) is 23.4 Å². The number of aromatic nitrogens is 3. The first-order valence-electron chi connectivity index (χ1n) is 10.7. The van der Waals surface area contributed by atoms with Crippen LogP contribution in [0.5, 0.6) is 5.75 Å². The Morgan fingerprint density at radius 3 is 2.50 bits per heavy atom. The molecule has 0 saturated heterocycles. The van der Waals surface area contributed by atoms with Gasteiger partial charge in [0.25, 0.3) is 0 Å². The van der Waals surface area contributed by atoms with Crippen LogP contribution in [0.1, 0.15) is 11.4 Å². The van der Waals surface area contributed by atoms with Crippen LogP contribution < -0.4 is 16.0 Å². The number of azo groups is 1. The van der Waals surface area contributed by atoms with Crippen LogP contribution in [0.2, 0.25) is 0 Å². The molecule has 0 saturated carbocycles. The number of rotatable bonds is 7. The van der Waals surface area contributed by atoms with Crippen molar-refractivity contribution in [3.63, 3.8) is 0 Å². The van der Waals surface area contributed by atoms with Crippen molar-refractivity contribution < 1.29 is 10.2 Å². The third kappa shape index (κ3) is 5.02. The molecular weight excluding hydrogens is 432 g/mol. The monoisotopic (exact) mass is 458 g/mol. The fraction of sp³-hybridized carbons (Fsp3) is 0.208. The number of nitrogens with two attached hydrogens (primary N) is 1. The average molecular weight is 459 g/mol. The van der Waals surface area contributed by atoms with Gasteiger partial charge in [-0.1, -0.05) is 12.1 Å². The molecule has 0 bridgehead atoms. The maximum Gasteiger partial charge on any atom is 0.232 e. The number of aryl methyl sites for hydroxylation is 2. The van der Waals surface area contributed by atoms with Gasteiger partial charge in [-0.2, -0.15) is 20.1 Å². The lowest BCUT2D eigenvalue weighted by atomic mass is 10.0. The predicted molar refractivity (Wildman–Crippen MR) is 134 cm³/mol. The van der Waals surface area contributed by atoms with Gasteiger partial charge in [-0.25, -0.2) is 0 Å². The van der Waals surface area contributed by atoms with Crippen LogP contribution in [-0.4, -0.2) is 45.4 Å². The Labute approximate surface area is 196 Å². The van der Waals surface area contributed by atoms with Crippen LogP contribution in [0.25, 0.3) is 10.8 Å². The largest absolute Gasteiger partial charge is 0.507 e. The van der Waals surface area contributed by atoms with Crippen molar-refractivity contribution in [1.82, 2.24) is 15.0 Å². The molecule has 0 amide bonds. The maximum absolute atomic E-state index is 10.4. The molecule has 0 radical (unpaired) electrons. The lowest BCUT2D eigenvalue weighted by Crippen LogP contribution is -2.24. The Kier molecular flexibility index (Phi) is 6.51. The number of nitrogen functional groups attached to an aromatic ring is 1. The minimum atomic E-state index is 0.00366. The van der Waals surface area contributed by atoms with Crippen molar-refractivity contribution in [1.29, 1.82) is 0 Å². The number of hydrogen-bond acceptors (Lipinski definition) is 10. The van der Waals surface area contributed by atoms with Crippen molar-refractivity contribution in [3.05, 3.63) is 59.9 Å². The van der Waals surface area contributed by atoms with E-state index in [0.717, 1.165) is 16.6 Å². The summed E-state index contributed by atoms with van der Waals surface area (Å²) in [7, 11) is 1.80. The van der Waals surface area contributed by atoms with E-state index in [0.29, 0.717) is 46.7 Å². The van der Waals surface area contributed by atoms with E-state index in [1.165, 1.54) is 0 Å². The quantitative estimate of drug-likeness (QED) is 0.234. The van der Waals surface area contributed by atoms with Crippen LogP contribution in [0.3, 0.4) is 0 Å². The molecule has 0 aliphatic rings. The van der Waals surface area contributed by atoms with Gasteiger partial charge in [-0.3, -0.25) is 0 Å². The number of benzene rings is 3. The van der Waals surface area contributed by atoms with Gasteiger partial charge in [0.2, 0.25) is 11.9 Å². The van der Waals surface area contributed by atoms with Gasteiger partial charge in [0.1, 0.15) is 17.3 Å². The highest BCUT2D eigenvalue weighted by molar-refractivity contribution is 6.02. The van der Waals surface area contributed by atoms with Gasteiger partial charge in [-0.05, 0) is 61.2 Å². The lowest BCUT2D eigenvalue weighted by Gasteiger charge is -2.16. The van der Waals surface area contributed by atoms with Gasteiger partial charge < -0.3 is 26.2 Å². The number of aliphatic hydroxyl groups is 1. The second-order valence-electron chi connectivity index (χ2n) is 7.91. The topological polar surface area (TPSA) is 145 Å². The summed E-state index contributed by atoms with van der Waals surface area (Å²) in [6.07, 6.45) is 0. The number of phenols is 1. The summed E-state index contributed by atoms with van der Waals surface area (Å²) < 4.78 is 0. The second kappa shape index (κ2) is 9.67. The predicted octanol–water partition coefficient (Wildman–Crippen LogP) is 4.52. The highest BCUT2D eigenvalue weighted by Gasteiger charge is 2.11. The molecule has 5 N–H and O–H groups in total. The maximum atomic E-state index is 10.4. The number of aromatic hydroxyl groups is 1. The third-order valence-corrected chi connectivity index (χ3v) is 5.15. The van der Waals surface area contributed by atoms with Crippen LogP contribution >= 0.6 is 0 Å². The number of phenolic OH excluding ortho intramolecular Hbond substituents is 1. The van der Waals surface area contributed by atoms with E-state index in [1.54, 1.807) is 43.1 Å². The minimum absolute atomic E-state index is 0.00366. The molecule has 0 atom stereocenters. The number of nitrogens with zero attached hydrogens (tertiary/aromatic N) is 6. The van der Waals surface area contributed by atoms with E-state index in [4.69, 9.17) is 10.8 Å². The van der Waals surface area contributed by atoms with Crippen LogP contribution in [0.15, 0.2) is 58.8 Å². The van der Waals surface area contributed by atoms with E-state index >= 15 is 0 Å². The van der Waals surface area contributed by atoms with Gasteiger partial charge >= 0.3 is 0 Å². The summed E-state index contributed by atoms with van der Waals surface area (Å²) >= 11 is 0. The summed E-state index contributed by atoms with van der Waals surface area (Å²) in [5.74, 6) is 1.55. The van der Waals surface area contributed by atoms with E-state index in [2.05, 4.69) is 30.5 Å². The summed E-state index contributed by atoms with van der Waals surface area (Å²) in [5.41, 5.74) is 9.30. The molecular formula is C24H26N8O2. The van der Waals surface area contributed by atoms with Crippen molar-refractivity contribution >= 4 is 45.4 Å². The number of likely N-dealkylation sites (N-methyl/N-ethyl adjacent to an activating group) is 1. The number of aliphatic hydroxyl groups excluding tert-OH is 1. The van der Waals surface area contributed by atoms with E-state index < -0.39 is 0 Å². The molecule has 174 valence electrons. The summed E-state index contributed by atoms with van der Waals surface area (Å²) in [4.78, 5) is 14.8. The minimum Gasteiger partial charge on any atom is -0.507 e. The molecule has 0 unspecified atom stereocenters. The molecule has 4 rings (SSSR count). The molecule has 3 aromatic carbocycles. The number of fused-ring (bicyclic) bond motifs is 1. The smallest absolute Gasteiger partial charge is 0.232 e. The van der Waals surface area contributed by atoms with Crippen LogP contribution in [0, 0.1) is 13.8 Å². The molecule has 10 nitrogen and oxygen atoms in total. The van der Waals surface area contributed by atoms with Gasteiger partial charge in [0, 0.05) is 19.3 Å². The van der Waals surface area contributed by atoms with Crippen molar-refractivity contribution in [3.8, 4) is 5.75 Å². The number of hydrogen-bond donors (Lipinski definition) is 4. The van der Waals surface area contributed by atoms with Crippen LogP contribution in [-0.2, 0) is 0 Å². The van der Waals surface area contributed by atoms with E-state index in [-0.39, 0.29) is 12.4 Å². The van der Waals surface area contributed by atoms with Gasteiger partial charge in [0.15, 0.2) is 0 Å². The molecule has 10 heteroatoms. The molecule has 0 spiro atoms. The van der Waals surface area contributed by atoms with Crippen LogP contribution in [0.4, 0.5) is 34.6 Å². The van der Waals surface area contributed by atoms with E-state index in [9.17, 15) is 5.11 Å². The molecule has 1 heterocycles. The van der Waals surface area contributed by atoms with Crippen molar-refractivity contribution in [2.24, 2.45) is 10.2 Å². The molecule has 34 heavy (non-hydrogen) atoms. The van der Waals surface area contributed by atoms with Crippen molar-refractivity contribution in [2.45, 2.75) is 13.8 Å². The Hall–Kier alpha value is -4.31. The fourth-order valence-electron chi connectivity index (χ4n) is 3.49. The highest BCUT2D eigenvalue weighted by atomic mass is 16.3. The summed E-state index contributed by atoms with van der Waals surface area (Å²) in [5, 5.41) is 32.8. The Bertz CT molecular complexity index is 1360. The highest BCUT2D eigenvalue weighted by Crippen LogP contribution is 2.39. The molecule has 0 aliphatic carbocycles. The Balaban J connectivity index is 1.55. The van der Waals surface area contributed by atoms with E-state index in [1.807, 2.05) is 31.2 Å². The Morgan fingerprint density at radius 2 is 1.76 bits per heavy atom.